The lowest BCUT2D eigenvalue weighted by Crippen LogP contribution is -2.45. The summed E-state index contributed by atoms with van der Waals surface area (Å²) >= 11 is 3.97. The van der Waals surface area contributed by atoms with E-state index >= 15 is 0 Å². The molecule has 1 amide bonds. The second kappa shape index (κ2) is 2.27. The number of ketones is 1. The summed E-state index contributed by atoms with van der Waals surface area (Å²) in [6.45, 7) is 1.69. The minimum absolute atomic E-state index is 0.0110. The molecule has 0 aromatic heterocycles. The fourth-order valence-electron chi connectivity index (χ4n) is 0.890. The smallest absolute Gasteiger partial charge is 0.228 e. The van der Waals surface area contributed by atoms with Crippen molar-refractivity contribution in [3.05, 3.63) is 0 Å². The molecule has 4 heteroatoms. The van der Waals surface area contributed by atoms with E-state index < -0.39 is 5.54 Å². The van der Waals surface area contributed by atoms with Crippen molar-refractivity contribution in [1.82, 2.24) is 5.32 Å². The molecule has 1 rings (SSSR count). The monoisotopic (exact) mass is 159 g/mol. The van der Waals surface area contributed by atoms with E-state index in [9.17, 15) is 9.59 Å². The minimum Gasteiger partial charge on any atom is -0.343 e. The summed E-state index contributed by atoms with van der Waals surface area (Å²) in [4.78, 5) is 21.7. The van der Waals surface area contributed by atoms with E-state index in [1.165, 1.54) is 0 Å². The van der Waals surface area contributed by atoms with Crippen molar-refractivity contribution in [3.63, 3.8) is 0 Å². The second-order valence-electron chi connectivity index (χ2n) is 2.64. The van der Waals surface area contributed by atoms with Crippen molar-refractivity contribution in [2.24, 2.45) is 0 Å². The Morgan fingerprint density at radius 3 is 2.50 bits per heavy atom. The van der Waals surface area contributed by atoms with Crippen LogP contribution in [0.4, 0.5) is 0 Å². The largest absolute Gasteiger partial charge is 0.343 e. The van der Waals surface area contributed by atoms with E-state index in [-0.39, 0.29) is 18.1 Å². The van der Waals surface area contributed by atoms with Gasteiger partial charge in [-0.05, 0) is 6.92 Å². The number of rotatable bonds is 1. The van der Waals surface area contributed by atoms with Gasteiger partial charge in [0.15, 0.2) is 5.78 Å². The Labute approximate surface area is 64.6 Å². The fourth-order valence-corrected chi connectivity index (χ4v) is 1.15. The van der Waals surface area contributed by atoms with Crippen LogP contribution in [0.1, 0.15) is 13.3 Å². The second-order valence-corrected chi connectivity index (χ2v) is 2.95. The Hall–Kier alpha value is -0.510. The number of carbonyl (C=O) groups excluding carboxylic acids is 2. The summed E-state index contributed by atoms with van der Waals surface area (Å²) in [5.74, 6) is 0.117. The van der Waals surface area contributed by atoms with Crippen molar-refractivity contribution in [3.8, 4) is 0 Å². The number of Topliss-reactive ketones (excluding diaryl/α,β-unsaturated/α-hetero) is 1. The topological polar surface area (TPSA) is 46.2 Å². The van der Waals surface area contributed by atoms with E-state index in [0.717, 1.165) is 0 Å². The molecule has 0 radical (unpaired) electrons. The van der Waals surface area contributed by atoms with Crippen LogP contribution in [0, 0.1) is 0 Å². The predicted octanol–water partition coefficient (Wildman–Crippen LogP) is -0.236. The highest BCUT2D eigenvalue weighted by Gasteiger charge is 2.40. The summed E-state index contributed by atoms with van der Waals surface area (Å²) in [6, 6.07) is 0. The zero-order valence-electron chi connectivity index (χ0n) is 5.68. The molecule has 10 heavy (non-hydrogen) atoms. The molecular weight excluding hydrogens is 150 g/mol. The zero-order chi connectivity index (χ0) is 7.78. The van der Waals surface area contributed by atoms with Gasteiger partial charge < -0.3 is 5.32 Å². The molecule has 1 aliphatic heterocycles. The van der Waals surface area contributed by atoms with Crippen LogP contribution < -0.4 is 5.32 Å². The lowest BCUT2D eigenvalue weighted by molar-refractivity contribution is -0.122. The van der Waals surface area contributed by atoms with E-state index in [2.05, 4.69) is 17.9 Å². The van der Waals surface area contributed by atoms with Crippen LogP contribution in [0.3, 0.4) is 0 Å². The first-order chi connectivity index (χ1) is 4.58. The first-order valence-corrected chi connectivity index (χ1v) is 3.67. The molecule has 1 fully saturated rings. The molecule has 1 N–H and O–H groups in total. The fraction of sp³-hybridized carbons (Fsp3) is 0.667. The van der Waals surface area contributed by atoms with Gasteiger partial charge in [-0.2, -0.15) is 12.6 Å². The number of nitrogens with one attached hydrogen (secondary N) is 1. The zero-order valence-corrected chi connectivity index (χ0v) is 6.57. The van der Waals surface area contributed by atoms with Crippen LogP contribution in [-0.4, -0.2) is 23.0 Å². The molecule has 0 saturated carbocycles. The average Bonchev–Trinajstić information content (AvgIpc) is 2.09. The standard InChI is InChI=1S/C6H9NO2S/c1-6(3-10)4(8)2-5(9)7-6/h10H,2-3H2,1H3,(H,7,9)/t6-/m0/s1. The van der Waals surface area contributed by atoms with Crippen molar-refractivity contribution < 1.29 is 9.59 Å². The third-order valence-electron chi connectivity index (χ3n) is 1.67. The minimum atomic E-state index is -0.708. The Kier molecular flexibility index (Phi) is 1.72. The Morgan fingerprint density at radius 2 is 2.30 bits per heavy atom. The van der Waals surface area contributed by atoms with Gasteiger partial charge in [-0.3, -0.25) is 9.59 Å². The van der Waals surface area contributed by atoms with Crippen LogP contribution in [0.25, 0.3) is 0 Å². The Balaban J connectivity index is 2.80. The molecule has 0 bridgehead atoms. The highest BCUT2D eigenvalue weighted by atomic mass is 32.1. The van der Waals surface area contributed by atoms with Gasteiger partial charge in [0.1, 0.15) is 5.54 Å². The van der Waals surface area contributed by atoms with Gasteiger partial charge in [-0.1, -0.05) is 0 Å². The summed E-state index contributed by atoms with van der Waals surface area (Å²) in [6.07, 6.45) is 0.0110. The van der Waals surface area contributed by atoms with Crippen molar-refractivity contribution in [1.29, 1.82) is 0 Å². The predicted molar refractivity (Wildman–Crippen MR) is 40.0 cm³/mol. The number of amides is 1. The third kappa shape index (κ3) is 1.03. The summed E-state index contributed by atoms with van der Waals surface area (Å²) in [5, 5.41) is 2.56. The molecule has 0 unspecified atom stereocenters. The van der Waals surface area contributed by atoms with Gasteiger partial charge in [-0.15, -0.1) is 0 Å². The number of carbonyl (C=O) groups is 2. The molecular formula is C6H9NO2S. The van der Waals surface area contributed by atoms with Crippen molar-refractivity contribution >= 4 is 24.3 Å². The summed E-state index contributed by atoms with van der Waals surface area (Å²) < 4.78 is 0. The quantitative estimate of drug-likeness (QED) is 0.410. The van der Waals surface area contributed by atoms with Crippen LogP contribution in [0.15, 0.2) is 0 Å². The first kappa shape index (κ1) is 7.60. The number of hydrogen-bond acceptors (Lipinski definition) is 3. The van der Waals surface area contributed by atoms with E-state index in [0.29, 0.717) is 5.75 Å². The molecule has 0 spiro atoms. The third-order valence-corrected chi connectivity index (χ3v) is 2.30. The maximum atomic E-state index is 11.0. The lowest BCUT2D eigenvalue weighted by Gasteiger charge is -2.18. The van der Waals surface area contributed by atoms with Gasteiger partial charge in [0, 0.05) is 5.75 Å². The number of thiol groups is 1. The average molecular weight is 159 g/mol. The summed E-state index contributed by atoms with van der Waals surface area (Å²) in [7, 11) is 0. The van der Waals surface area contributed by atoms with E-state index in [1.54, 1.807) is 6.92 Å². The van der Waals surface area contributed by atoms with Crippen LogP contribution in [-0.2, 0) is 9.59 Å². The van der Waals surface area contributed by atoms with E-state index in [1.807, 2.05) is 0 Å². The SMILES string of the molecule is C[C@@]1(CS)NC(=O)CC1=O. The maximum absolute atomic E-state index is 11.0. The van der Waals surface area contributed by atoms with Crippen LogP contribution in [0.2, 0.25) is 0 Å². The molecule has 0 aliphatic carbocycles. The molecule has 0 aromatic rings. The summed E-state index contributed by atoms with van der Waals surface area (Å²) in [5.41, 5.74) is -0.708. The van der Waals surface area contributed by atoms with Crippen LogP contribution >= 0.6 is 12.6 Å². The molecule has 3 nitrogen and oxygen atoms in total. The first-order valence-electron chi connectivity index (χ1n) is 3.04. The number of hydrogen-bond donors (Lipinski definition) is 2. The van der Waals surface area contributed by atoms with Gasteiger partial charge in [-0.25, -0.2) is 0 Å². The van der Waals surface area contributed by atoms with Crippen molar-refractivity contribution in [2.75, 3.05) is 5.75 Å². The molecule has 0 aromatic carbocycles. The van der Waals surface area contributed by atoms with Gasteiger partial charge in [0.25, 0.3) is 0 Å². The van der Waals surface area contributed by atoms with Gasteiger partial charge >= 0.3 is 0 Å². The van der Waals surface area contributed by atoms with Gasteiger partial charge in [0.05, 0.1) is 6.42 Å². The molecule has 1 aliphatic rings. The highest BCUT2D eigenvalue weighted by Crippen LogP contribution is 2.16. The normalized spacial score (nSPS) is 32.6. The van der Waals surface area contributed by atoms with Gasteiger partial charge in [0.2, 0.25) is 5.91 Å². The molecule has 1 saturated heterocycles. The van der Waals surface area contributed by atoms with Crippen molar-refractivity contribution in [2.45, 2.75) is 18.9 Å². The Morgan fingerprint density at radius 1 is 1.70 bits per heavy atom. The lowest BCUT2D eigenvalue weighted by atomic mass is 10.0. The molecule has 56 valence electrons. The maximum Gasteiger partial charge on any atom is 0.228 e. The van der Waals surface area contributed by atoms with Crippen LogP contribution in [0.5, 0.6) is 0 Å². The highest BCUT2D eigenvalue weighted by molar-refractivity contribution is 7.80. The van der Waals surface area contributed by atoms with E-state index in [4.69, 9.17) is 0 Å². The Bertz CT molecular complexity index is 192. The molecule has 1 atom stereocenters. The molecule has 1 heterocycles.